The minimum absolute atomic E-state index is 0.397. The van der Waals surface area contributed by atoms with Crippen molar-refractivity contribution in [3.63, 3.8) is 0 Å². The third kappa shape index (κ3) is 1.95. The molecule has 1 saturated carbocycles. The Morgan fingerprint density at radius 1 is 1.33 bits per heavy atom. The van der Waals surface area contributed by atoms with Crippen molar-refractivity contribution in [1.29, 1.82) is 0 Å². The fraction of sp³-hybridized carbons (Fsp3) is 1.00. The highest BCUT2D eigenvalue weighted by Crippen LogP contribution is 2.35. The van der Waals surface area contributed by atoms with Crippen LogP contribution in [0.2, 0.25) is 0 Å². The maximum atomic E-state index is 8.95. The van der Waals surface area contributed by atoms with E-state index in [2.05, 4.69) is 16.7 Å². The lowest BCUT2D eigenvalue weighted by Gasteiger charge is -2.19. The van der Waals surface area contributed by atoms with Crippen molar-refractivity contribution in [2.24, 2.45) is 5.92 Å². The van der Waals surface area contributed by atoms with Crippen molar-refractivity contribution in [3.05, 3.63) is 0 Å². The number of thioether (sulfide) groups is 1. The molecular weight excluding hydrogens is 170 g/mol. The van der Waals surface area contributed by atoms with Gasteiger partial charge in [-0.3, -0.25) is 4.90 Å². The third-order valence-electron chi connectivity index (χ3n) is 2.85. The van der Waals surface area contributed by atoms with E-state index in [9.17, 15) is 0 Å². The largest absolute Gasteiger partial charge is 0.396 e. The molecule has 2 atom stereocenters. The first-order valence-electron chi connectivity index (χ1n) is 4.84. The first-order chi connectivity index (χ1) is 5.92. The van der Waals surface area contributed by atoms with Crippen LogP contribution in [0.5, 0.6) is 0 Å². The van der Waals surface area contributed by atoms with Crippen molar-refractivity contribution in [3.8, 4) is 0 Å². The molecule has 1 aliphatic heterocycles. The molecule has 2 unspecified atom stereocenters. The zero-order chi connectivity index (χ0) is 8.39. The van der Waals surface area contributed by atoms with Gasteiger partial charge in [-0.25, -0.2) is 0 Å². The van der Waals surface area contributed by atoms with E-state index in [1.165, 1.54) is 37.4 Å². The Morgan fingerprint density at radius 3 is 3.00 bits per heavy atom. The monoisotopic (exact) mass is 187 g/mol. The molecule has 1 heterocycles. The van der Waals surface area contributed by atoms with Gasteiger partial charge in [-0.05, 0) is 31.1 Å². The molecule has 0 radical (unpaired) electrons. The molecule has 0 aromatic rings. The van der Waals surface area contributed by atoms with Gasteiger partial charge in [0.15, 0.2) is 0 Å². The lowest BCUT2D eigenvalue weighted by Crippen LogP contribution is -2.29. The maximum absolute atomic E-state index is 8.95. The molecule has 0 bridgehead atoms. The summed E-state index contributed by atoms with van der Waals surface area (Å²) in [6, 6.07) is 0.730. The van der Waals surface area contributed by atoms with Crippen LogP contribution in [0.4, 0.5) is 0 Å². The summed E-state index contributed by atoms with van der Waals surface area (Å²) in [7, 11) is 0. The van der Waals surface area contributed by atoms with E-state index >= 15 is 0 Å². The number of aliphatic hydroxyl groups excluding tert-OH is 1. The smallest absolute Gasteiger partial charge is 0.0474 e. The van der Waals surface area contributed by atoms with Gasteiger partial charge in [0.2, 0.25) is 0 Å². The lowest BCUT2D eigenvalue weighted by atomic mass is 10.3. The Bertz CT molecular complexity index is 145. The van der Waals surface area contributed by atoms with Gasteiger partial charge in [0, 0.05) is 24.9 Å². The van der Waals surface area contributed by atoms with E-state index in [-0.39, 0.29) is 0 Å². The van der Waals surface area contributed by atoms with Crippen LogP contribution < -0.4 is 0 Å². The highest BCUT2D eigenvalue weighted by Gasteiger charge is 2.40. The zero-order valence-corrected chi connectivity index (χ0v) is 8.22. The molecule has 2 rings (SSSR count). The van der Waals surface area contributed by atoms with Gasteiger partial charge in [0.05, 0.1) is 0 Å². The van der Waals surface area contributed by atoms with E-state index in [4.69, 9.17) is 5.11 Å². The van der Waals surface area contributed by atoms with Gasteiger partial charge in [-0.1, -0.05) is 0 Å². The molecule has 1 saturated heterocycles. The van der Waals surface area contributed by atoms with Crippen molar-refractivity contribution in [2.45, 2.75) is 18.9 Å². The van der Waals surface area contributed by atoms with E-state index in [0.717, 1.165) is 6.04 Å². The molecule has 0 aromatic heterocycles. The Morgan fingerprint density at radius 2 is 2.25 bits per heavy atom. The first kappa shape index (κ1) is 8.85. The molecule has 2 fully saturated rings. The SMILES string of the molecule is OCC1CC1N1CCCSCC1. The predicted molar refractivity (Wildman–Crippen MR) is 52.5 cm³/mol. The van der Waals surface area contributed by atoms with Gasteiger partial charge in [-0.15, -0.1) is 0 Å². The topological polar surface area (TPSA) is 23.5 Å². The molecule has 2 nitrogen and oxygen atoms in total. The molecule has 3 heteroatoms. The van der Waals surface area contributed by atoms with Crippen LogP contribution in [0.25, 0.3) is 0 Å². The molecular formula is C9H17NOS. The molecule has 0 spiro atoms. The number of hydrogen-bond acceptors (Lipinski definition) is 3. The van der Waals surface area contributed by atoms with Crippen LogP contribution in [-0.4, -0.2) is 47.3 Å². The standard InChI is InChI=1S/C9H17NOS/c11-7-8-6-9(8)10-2-1-4-12-5-3-10/h8-9,11H,1-7H2. The minimum Gasteiger partial charge on any atom is -0.396 e. The second-order valence-electron chi connectivity index (χ2n) is 3.75. The Kier molecular flexibility index (Phi) is 2.94. The second kappa shape index (κ2) is 3.99. The van der Waals surface area contributed by atoms with E-state index in [1.54, 1.807) is 0 Å². The summed E-state index contributed by atoms with van der Waals surface area (Å²) in [4.78, 5) is 2.57. The summed E-state index contributed by atoms with van der Waals surface area (Å²) >= 11 is 2.07. The number of hydrogen-bond donors (Lipinski definition) is 1. The first-order valence-corrected chi connectivity index (χ1v) is 6.00. The van der Waals surface area contributed by atoms with Crippen molar-refractivity contribution >= 4 is 11.8 Å². The van der Waals surface area contributed by atoms with Crippen LogP contribution in [-0.2, 0) is 0 Å². The van der Waals surface area contributed by atoms with E-state index in [1.807, 2.05) is 0 Å². The molecule has 1 N–H and O–H groups in total. The highest BCUT2D eigenvalue weighted by atomic mass is 32.2. The van der Waals surface area contributed by atoms with Crippen molar-refractivity contribution < 1.29 is 5.11 Å². The Labute approximate surface area is 78.3 Å². The quantitative estimate of drug-likeness (QED) is 0.692. The second-order valence-corrected chi connectivity index (χ2v) is 4.97. The van der Waals surface area contributed by atoms with Crippen LogP contribution in [0, 0.1) is 5.92 Å². The van der Waals surface area contributed by atoms with Gasteiger partial charge < -0.3 is 5.11 Å². The van der Waals surface area contributed by atoms with E-state index < -0.39 is 0 Å². The summed E-state index contributed by atoms with van der Waals surface area (Å²) in [5.41, 5.74) is 0. The number of rotatable bonds is 2. The van der Waals surface area contributed by atoms with Gasteiger partial charge in [0.1, 0.15) is 0 Å². The third-order valence-corrected chi connectivity index (χ3v) is 3.89. The van der Waals surface area contributed by atoms with Crippen molar-refractivity contribution in [1.82, 2.24) is 4.90 Å². The molecule has 12 heavy (non-hydrogen) atoms. The molecule has 1 aliphatic carbocycles. The van der Waals surface area contributed by atoms with Gasteiger partial charge in [-0.2, -0.15) is 11.8 Å². The average molecular weight is 187 g/mol. The highest BCUT2D eigenvalue weighted by molar-refractivity contribution is 7.99. The summed E-state index contributed by atoms with van der Waals surface area (Å²) < 4.78 is 0. The Hall–Kier alpha value is 0.270. The maximum Gasteiger partial charge on any atom is 0.0474 e. The number of aliphatic hydroxyl groups is 1. The normalized spacial score (nSPS) is 37.8. The molecule has 70 valence electrons. The summed E-state index contributed by atoms with van der Waals surface area (Å²) in [5.74, 6) is 3.22. The van der Waals surface area contributed by atoms with Crippen LogP contribution in [0.3, 0.4) is 0 Å². The minimum atomic E-state index is 0.397. The zero-order valence-electron chi connectivity index (χ0n) is 7.41. The fourth-order valence-corrected chi connectivity index (χ4v) is 2.87. The summed E-state index contributed by atoms with van der Waals surface area (Å²) in [6.45, 7) is 2.90. The van der Waals surface area contributed by atoms with Crippen LogP contribution in [0.1, 0.15) is 12.8 Å². The molecule has 0 amide bonds. The van der Waals surface area contributed by atoms with E-state index in [0.29, 0.717) is 12.5 Å². The van der Waals surface area contributed by atoms with Crippen molar-refractivity contribution in [2.75, 3.05) is 31.2 Å². The summed E-state index contributed by atoms with van der Waals surface area (Å²) in [6.07, 6.45) is 2.57. The average Bonchev–Trinajstić information content (AvgIpc) is 2.89. The van der Waals surface area contributed by atoms with Crippen LogP contribution in [0.15, 0.2) is 0 Å². The van der Waals surface area contributed by atoms with Gasteiger partial charge in [0.25, 0.3) is 0 Å². The molecule has 0 aromatic carbocycles. The predicted octanol–water partition coefficient (Wildman–Crippen LogP) is 0.806. The lowest BCUT2D eigenvalue weighted by molar-refractivity contribution is 0.225. The Balaban J connectivity index is 1.79. The fourth-order valence-electron chi connectivity index (χ4n) is 1.97. The van der Waals surface area contributed by atoms with Gasteiger partial charge >= 0.3 is 0 Å². The molecule has 2 aliphatic rings. The van der Waals surface area contributed by atoms with Crippen LogP contribution >= 0.6 is 11.8 Å². The summed E-state index contributed by atoms with van der Waals surface area (Å²) in [5, 5.41) is 8.95. The number of nitrogens with zero attached hydrogens (tertiary/aromatic N) is 1.